The van der Waals surface area contributed by atoms with E-state index in [-0.39, 0.29) is 17.8 Å². The summed E-state index contributed by atoms with van der Waals surface area (Å²) in [6, 6.07) is 4.90. The zero-order chi connectivity index (χ0) is 12.4. The molecule has 0 radical (unpaired) electrons. The standard InChI is InChI=1S/C10H7Cl2N3O2/c1-5(16)13-10-15-14-9(17-10)6-2-7(11)4-8(12)3-6/h2-4H,1H3,(H,13,15,16). The second-order valence-corrected chi connectivity index (χ2v) is 4.12. The summed E-state index contributed by atoms with van der Waals surface area (Å²) in [5.41, 5.74) is 0.589. The third kappa shape index (κ3) is 2.95. The maximum Gasteiger partial charge on any atom is 0.322 e. The third-order valence-electron chi connectivity index (χ3n) is 1.82. The van der Waals surface area contributed by atoms with Gasteiger partial charge in [0.15, 0.2) is 0 Å². The smallest absolute Gasteiger partial charge is 0.322 e. The summed E-state index contributed by atoms with van der Waals surface area (Å²) in [7, 11) is 0. The number of amides is 1. The van der Waals surface area contributed by atoms with Gasteiger partial charge in [-0.05, 0) is 18.2 Å². The molecule has 88 valence electrons. The first-order valence-electron chi connectivity index (χ1n) is 4.62. The number of rotatable bonds is 2. The second kappa shape index (κ2) is 4.73. The molecule has 2 aromatic rings. The highest BCUT2D eigenvalue weighted by Gasteiger charge is 2.10. The van der Waals surface area contributed by atoms with E-state index in [1.54, 1.807) is 18.2 Å². The molecule has 5 nitrogen and oxygen atoms in total. The molecule has 0 aliphatic rings. The van der Waals surface area contributed by atoms with E-state index in [0.29, 0.717) is 15.6 Å². The topological polar surface area (TPSA) is 68.0 Å². The summed E-state index contributed by atoms with van der Waals surface area (Å²) >= 11 is 11.7. The van der Waals surface area contributed by atoms with Gasteiger partial charge in [-0.15, -0.1) is 5.10 Å². The number of aromatic nitrogens is 2. The van der Waals surface area contributed by atoms with Crippen molar-refractivity contribution in [2.24, 2.45) is 0 Å². The van der Waals surface area contributed by atoms with Crippen LogP contribution in [-0.4, -0.2) is 16.1 Å². The van der Waals surface area contributed by atoms with Crippen molar-refractivity contribution in [1.82, 2.24) is 10.2 Å². The zero-order valence-electron chi connectivity index (χ0n) is 8.70. The van der Waals surface area contributed by atoms with E-state index in [1.807, 2.05) is 0 Å². The maximum atomic E-state index is 10.8. The molecule has 0 spiro atoms. The van der Waals surface area contributed by atoms with Crippen LogP contribution in [0.3, 0.4) is 0 Å². The van der Waals surface area contributed by atoms with Gasteiger partial charge in [0.1, 0.15) is 0 Å². The average molecular weight is 272 g/mol. The van der Waals surface area contributed by atoms with Gasteiger partial charge in [-0.3, -0.25) is 10.1 Å². The van der Waals surface area contributed by atoms with Crippen LogP contribution >= 0.6 is 23.2 Å². The molecule has 1 N–H and O–H groups in total. The monoisotopic (exact) mass is 271 g/mol. The second-order valence-electron chi connectivity index (χ2n) is 3.25. The lowest BCUT2D eigenvalue weighted by atomic mass is 10.2. The van der Waals surface area contributed by atoms with Crippen LogP contribution in [0.15, 0.2) is 22.6 Å². The molecule has 1 aromatic carbocycles. The third-order valence-corrected chi connectivity index (χ3v) is 2.25. The van der Waals surface area contributed by atoms with Gasteiger partial charge in [0, 0.05) is 22.5 Å². The number of benzene rings is 1. The highest BCUT2D eigenvalue weighted by Crippen LogP contribution is 2.27. The molecular weight excluding hydrogens is 265 g/mol. The first kappa shape index (κ1) is 11.9. The summed E-state index contributed by atoms with van der Waals surface area (Å²) < 4.78 is 5.22. The van der Waals surface area contributed by atoms with Gasteiger partial charge >= 0.3 is 6.01 Å². The Kier molecular flexibility index (Phi) is 3.31. The highest BCUT2D eigenvalue weighted by molar-refractivity contribution is 6.35. The van der Waals surface area contributed by atoms with Gasteiger partial charge in [-0.2, -0.15) is 0 Å². The Morgan fingerprint density at radius 2 is 1.88 bits per heavy atom. The molecule has 0 bridgehead atoms. The van der Waals surface area contributed by atoms with Crippen LogP contribution in [0.4, 0.5) is 6.01 Å². The van der Waals surface area contributed by atoms with Crippen LogP contribution in [0.2, 0.25) is 10.0 Å². The lowest BCUT2D eigenvalue weighted by molar-refractivity contribution is -0.114. The molecule has 0 fully saturated rings. The van der Waals surface area contributed by atoms with Crippen molar-refractivity contribution in [3.8, 4) is 11.5 Å². The summed E-state index contributed by atoms with van der Waals surface area (Å²) in [5, 5.41) is 10.7. The molecule has 1 amide bonds. The van der Waals surface area contributed by atoms with Crippen molar-refractivity contribution in [2.45, 2.75) is 6.92 Å². The Balaban J connectivity index is 2.33. The molecule has 0 aliphatic carbocycles. The van der Waals surface area contributed by atoms with E-state index in [1.165, 1.54) is 6.92 Å². The van der Waals surface area contributed by atoms with Crippen LogP contribution in [0.5, 0.6) is 0 Å². The molecule has 0 saturated heterocycles. The lowest BCUT2D eigenvalue weighted by Gasteiger charge is -1.97. The Morgan fingerprint density at radius 1 is 1.24 bits per heavy atom. The van der Waals surface area contributed by atoms with Gasteiger partial charge in [-0.25, -0.2) is 0 Å². The first-order valence-corrected chi connectivity index (χ1v) is 5.38. The fourth-order valence-electron chi connectivity index (χ4n) is 1.22. The predicted molar refractivity (Wildman–Crippen MR) is 64.1 cm³/mol. The number of hydrogen-bond acceptors (Lipinski definition) is 4. The van der Waals surface area contributed by atoms with E-state index < -0.39 is 0 Å². The van der Waals surface area contributed by atoms with Crippen molar-refractivity contribution >= 4 is 35.1 Å². The summed E-state index contributed by atoms with van der Waals surface area (Å²) in [6.07, 6.45) is 0. The number of nitrogens with zero attached hydrogens (tertiary/aromatic N) is 2. The number of carbonyl (C=O) groups excluding carboxylic acids is 1. The molecule has 0 atom stereocenters. The fourth-order valence-corrected chi connectivity index (χ4v) is 1.74. The van der Waals surface area contributed by atoms with Crippen LogP contribution in [0.25, 0.3) is 11.5 Å². The van der Waals surface area contributed by atoms with E-state index in [0.717, 1.165) is 0 Å². The van der Waals surface area contributed by atoms with Crippen molar-refractivity contribution in [2.75, 3.05) is 5.32 Å². The number of hydrogen-bond donors (Lipinski definition) is 1. The Morgan fingerprint density at radius 3 is 2.47 bits per heavy atom. The summed E-state index contributed by atoms with van der Waals surface area (Å²) in [6.45, 7) is 1.35. The van der Waals surface area contributed by atoms with Gasteiger partial charge < -0.3 is 4.42 Å². The van der Waals surface area contributed by atoms with Crippen molar-refractivity contribution < 1.29 is 9.21 Å². The van der Waals surface area contributed by atoms with Crippen LogP contribution in [0, 0.1) is 0 Å². The Labute approximate surface area is 107 Å². The Bertz CT molecular complexity index is 548. The van der Waals surface area contributed by atoms with Crippen molar-refractivity contribution in [1.29, 1.82) is 0 Å². The highest BCUT2D eigenvalue weighted by atomic mass is 35.5. The van der Waals surface area contributed by atoms with Crippen molar-refractivity contribution in [3.05, 3.63) is 28.2 Å². The van der Waals surface area contributed by atoms with Crippen molar-refractivity contribution in [3.63, 3.8) is 0 Å². The predicted octanol–water partition coefficient (Wildman–Crippen LogP) is 3.00. The van der Waals surface area contributed by atoms with Crippen LogP contribution in [0.1, 0.15) is 6.92 Å². The molecular formula is C10H7Cl2N3O2. The summed E-state index contributed by atoms with van der Waals surface area (Å²) in [5.74, 6) is -0.0533. The van der Waals surface area contributed by atoms with E-state index in [2.05, 4.69) is 15.5 Å². The first-order chi connectivity index (χ1) is 8.04. The normalized spacial score (nSPS) is 10.3. The average Bonchev–Trinajstić information content (AvgIpc) is 2.63. The molecule has 0 saturated carbocycles. The molecule has 0 aliphatic heterocycles. The number of carbonyl (C=O) groups is 1. The largest absolute Gasteiger partial charge is 0.403 e. The minimum absolute atomic E-state index is 0.0311. The van der Waals surface area contributed by atoms with E-state index in [9.17, 15) is 4.79 Å². The number of anilines is 1. The molecule has 1 aromatic heterocycles. The summed E-state index contributed by atoms with van der Waals surface area (Å²) in [4.78, 5) is 10.8. The SMILES string of the molecule is CC(=O)Nc1nnc(-c2cc(Cl)cc(Cl)c2)o1. The van der Waals surface area contributed by atoms with Gasteiger partial charge in [0.2, 0.25) is 11.8 Å². The van der Waals surface area contributed by atoms with Crippen LogP contribution < -0.4 is 5.32 Å². The van der Waals surface area contributed by atoms with Crippen LogP contribution in [-0.2, 0) is 4.79 Å². The molecule has 2 rings (SSSR count). The van der Waals surface area contributed by atoms with E-state index >= 15 is 0 Å². The lowest BCUT2D eigenvalue weighted by Crippen LogP contribution is -2.05. The minimum Gasteiger partial charge on any atom is -0.403 e. The maximum absolute atomic E-state index is 10.8. The quantitative estimate of drug-likeness (QED) is 0.912. The minimum atomic E-state index is -0.288. The number of halogens is 2. The molecule has 0 unspecified atom stereocenters. The van der Waals surface area contributed by atoms with Gasteiger partial charge in [0.05, 0.1) is 0 Å². The fraction of sp³-hybridized carbons (Fsp3) is 0.100. The van der Waals surface area contributed by atoms with E-state index in [4.69, 9.17) is 27.6 Å². The van der Waals surface area contributed by atoms with Gasteiger partial charge in [-0.1, -0.05) is 28.3 Å². The number of nitrogens with one attached hydrogen (secondary N) is 1. The van der Waals surface area contributed by atoms with Gasteiger partial charge in [0.25, 0.3) is 0 Å². The zero-order valence-corrected chi connectivity index (χ0v) is 10.2. The molecule has 7 heteroatoms. The Hall–Kier alpha value is -1.59. The molecule has 1 heterocycles. The molecule has 17 heavy (non-hydrogen) atoms.